The van der Waals surface area contributed by atoms with Crippen LogP contribution in [0.15, 0.2) is 0 Å². The lowest BCUT2D eigenvalue weighted by atomic mass is 9.75. The number of nitrogens with one attached hydrogen (secondary N) is 1. The largest absolute Gasteiger partial charge is 0.385 e. The molecule has 1 aliphatic heterocycles. The maximum absolute atomic E-state index is 12.9. The van der Waals surface area contributed by atoms with Crippen molar-refractivity contribution in [2.24, 2.45) is 0 Å². The number of hydrogen-bond acceptors (Lipinski definition) is 3. The molecular weight excluding hydrogens is 268 g/mol. The smallest absolute Gasteiger partial charge is 0.248 e. The maximum Gasteiger partial charge on any atom is 0.248 e. The molecule has 0 aromatic carbocycles. The van der Waals surface area contributed by atoms with Crippen LogP contribution >= 0.6 is 0 Å². The molecule has 0 bridgehead atoms. The van der Waals surface area contributed by atoms with E-state index in [-0.39, 0.29) is 17.9 Å². The molecule has 2 amide bonds. The average molecular weight is 296 g/mol. The molecule has 1 unspecified atom stereocenters. The van der Waals surface area contributed by atoms with Gasteiger partial charge in [-0.05, 0) is 40.0 Å². The highest BCUT2D eigenvalue weighted by Gasteiger charge is 2.56. The van der Waals surface area contributed by atoms with Crippen molar-refractivity contribution in [3.8, 4) is 0 Å². The molecule has 2 fully saturated rings. The number of rotatable bonds is 4. The highest BCUT2D eigenvalue weighted by molar-refractivity contribution is 6.02. The summed E-state index contributed by atoms with van der Waals surface area (Å²) in [5.41, 5.74) is -1.46. The summed E-state index contributed by atoms with van der Waals surface area (Å²) >= 11 is 0. The summed E-state index contributed by atoms with van der Waals surface area (Å²) in [4.78, 5) is 27.6. The van der Waals surface area contributed by atoms with Crippen molar-refractivity contribution in [2.75, 3.05) is 13.7 Å². The number of ether oxygens (including phenoxy) is 1. The zero-order valence-corrected chi connectivity index (χ0v) is 13.7. The van der Waals surface area contributed by atoms with Crippen LogP contribution < -0.4 is 5.32 Å². The van der Waals surface area contributed by atoms with Crippen LogP contribution in [-0.2, 0) is 14.3 Å². The van der Waals surface area contributed by atoms with Gasteiger partial charge in [-0.1, -0.05) is 19.3 Å². The molecule has 0 aromatic rings. The lowest BCUT2D eigenvalue weighted by Gasteiger charge is -2.54. The maximum atomic E-state index is 12.9. The molecule has 2 aliphatic rings. The third-order valence-corrected chi connectivity index (χ3v) is 4.92. The Labute approximate surface area is 127 Å². The monoisotopic (exact) mass is 296 g/mol. The fraction of sp³-hybridized carbons (Fsp3) is 0.875. The number of nitrogens with zero attached hydrogens (tertiary/aromatic N) is 1. The Bertz CT molecular complexity index is 414. The number of amides is 2. The van der Waals surface area contributed by atoms with E-state index in [9.17, 15) is 9.59 Å². The number of methoxy groups -OCH3 is 1. The summed E-state index contributed by atoms with van der Waals surface area (Å²) in [5.74, 6) is 0.0590. The van der Waals surface area contributed by atoms with Gasteiger partial charge < -0.3 is 15.0 Å². The van der Waals surface area contributed by atoms with Crippen molar-refractivity contribution in [1.29, 1.82) is 0 Å². The SMILES string of the molecule is COCCC(C)N1C(=O)C(C)(C)NC(=O)C12CCCCC2. The van der Waals surface area contributed by atoms with E-state index < -0.39 is 11.1 Å². The number of piperazine rings is 1. The van der Waals surface area contributed by atoms with Gasteiger partial charge in [0.1, 0.15) is 11.1 Å². The summed E-state index contributed by atoms with van der Waals surface area (Å²) in [6, 6.07) is 0.0147. The standard InChI is InChI=1S/C16H28N2O3/c1-12(8-11-21-4)18-14(20)15(2,3)17-13(19)16(18)9-6-5-7-10-16/h12H,5-11H2,1-4H3,(H,17,19). The topological polar surface area (TPSA) is 58.6 Å². The van der Waals surface area contributed by atoms with Crippen LogP contribution in [0.3, 0.4) is 0 Å². The molecule has 1 N–H and O–H groups in total. The van der Waals surface area contributed by atoms with Gasteiger partial charge in [-0.15, -0.1) is 0 Å². The molecule has 2 rings (SSSR count). The van der Waals surface area contributed by atoms with Gasteiger partial charge in [-0.2, -0.15) is 0 Å². The summed E-state index contributed by atoms with van der Waals surface area (Å²) in [7, 11) is 1.66. The quantitative estimate of drug-likeness (QED) is 0.861. The van der Waals surface area contributed by atoms with Gasteiger partial charge >= 0.3 is 0 Å². The van der Waals surface area contributed by atoms with Crippen LogP contribution in [0.2, 0.25) is 0 Å². The fourth-order valence-electron chi connectivity index (χ4n) is 3.70. The van der Waals surface area contributed by atoms with E-state index in [0.29, 0.717) is 6.61 Å². The highest BCUT2D eigenvalue weighted by Crippen LogP contribution is 2.40. The summed E-state index contributed by atoms with van der Waals surface area (Å²) in [5, 5.41) is 2.95. The van der Waals surface area contributed by atoms with Gasteiger partial charge in [0, 0.05) is 19.8 Å². The van der Waals surface area contributed by atoms with E-state index in [4.69, 9.17) is 4.74 Å². The summed E-state index contributed by atoms with van der Waals surface area (Å²) in [6.07, 6.45) is 5.47. The van der Waals surface area contributed by atoms with E-state index in [0.717, 1.165) is 38.5 Å². The molecule has 120 valence electrons. The van der Waals surface area contributed by atoms with Gasteiger partial charge in [0.15, 0.2) is 0 Å². The van der Waals surface area contributed by atoms with Crippen molar-refractivity contribution in [3.05, 3.63) is 0 Å². The number of carbonyl (C=O) groups excluding carboxylic acids is 2. The molecule has 1 saturated heterocycles. The van der Waals surface area contributed by atoms with Crippen LogP contribution in [0.4, 0.5) is 0 Å². The van der Waals surface area contributed by atoms with Gasteiger partial charge in [-0.25, -0.2) is 0 Å². The van der Waals surface area contributed by atoms with Crippen LogP contribution in [0, 0.1) is 0 Å². The highest BCUT2D eigenvalue weighted by atomic mass is 16.5. The van der Waals surface area contributed by atoms with Gasteiger partial charge in [-0.3, -0.25) is 9.59 Å². The molecule has 5 heteroatoms. The Morgan fingerprint density at radius 1 is 1.24 bits per heavy atom. The molecule has 5 nitrogen and oxygen atoms in total. The first-order chi connectivity index (χ1) is 9.85. The average Bonchev–Trinajstić information content (AvgIpc) is 2.44. The van der Waals surface area contributed by atoms with Gasteiger partial charge in [0.05, 0.1) is 0 Å². The van der Waals surface area contributed by atoms with E-state index in [1.165, 1.54) is 0 Å². The minimum Gasteiger partial charge on any atom is -0.385 e. The molecular formula is C16H28N2O3. The third-order valence-electron chi connectivity index (χ3n) is 4.92. The lowest BCUT2D eigenvalue weighted by molar-refractivity contribution is -0.168. The molecule has 1 spiro atoms. The second-order valence-corrected chi connectivity index (χ2v) is 6.98. The molecule has 1 saturated carbocycles. The first-order valence-electron chi connectivity index (χ1n) is 8.00. The van der Waals surface area contributed by atoms with Crippen molar-refractivity contribution in [2.45, 2.75) is 76.4 Å². The Kier molecular flexibility index (Phi) is 4.61. The van der Waals surface area contributed by atoms with Crippen LogP contribution in [0.1, 0.15) is 59.3 Å². The van der Waals surface area contributed by atoms with E-state index in [1.807, 2.05) is 11.8 Å². The van der Waals surface area contributed by atoms with Crippen molar-refractivity contribution in [3.63, 3.8) is 0 Å². The number of carbonyl (C=O) groups is 2. The van der Waals surface area contributed by atoms with Crippen molar-refractivity contribution >= 4 is 11.8 Å². The van der Waals surface area contributed by atoms with Crippen LogP contribution in [-0.4, -0.2) is 47.6 Å². The molecule has 1 atom stereocenters. The predicted molar refractivity (Wildman–Crippen MR) is 80.8 cm³/mol. The second kappa shape index (κ2) is 5.95. The number of hydrogen-bond donors (Lipinski definition) is 1. The lowest BCUT2D eigenvalue weighted by Crippen LogP contribution is -2.76. The Morgan fingerprint density at radius 3 is 2.43 bits per heavy atom. The second-order valence-electron chi connectivity index (χ2n) is 6.98. The third kappa shape index (κ3) is 2.80. The van der Waals surface area contributed by atoms with Crippen LogP contribution in [0.5, 0.6) is 0 Å². The van der Waals surface area contributed by atoms with Crippen molar-refractivity contribution in [1.82, 2.24) is 10.2 Å². The van der Waals surface area contributed by atoms with Crippen LogP contribution in [0.25, 0.3) is 0 Å². The first kappa shape index (κ1) is 16.3. The van der Waals surface area contributed by atoms with E-state index in [2.05, 4.69) is 5.32 Å². The molecule has 21 heavy (non-hydrogen) atoms. The van der Waals surface area contributed by atoms with Gasteiger partial charge in [0.25, 0.3) is 0 Å². The summed E-state index contributed by atoms with van der Waals surface area (Å²) in [6.45, 7) is 6.21. The zero-order valence-electron chi connectivity index (χ0n) is 13.7. The first-order valence-corrected chi connectivity index (χ1v) is 8.00. The fourth-order valence-corrected chi connectivity index (χ4v) is 3.70. The molecule has 1 aliphatic carbocycles. The Hall–Kier alpha value is -1.10. The van der Waals surface area contributed by atoms with Crippen molar-refractivity contribution < 1.29 is 14.3 Å². The zero-order chi connectivity index (χ0) is 15.7. The predicted octanol–water partition coefficient (Wildman–Crippen LogP) is 1.85. The van der Waals surface area contributed by atoms with E-state index >= 15 is 0 Å². The Balaban J connectivity index is 2.35. The minimum atomic E-state index is -0.818. The summed E-state index contributed by atoms with van der Waals surface area (Å²) < 4.78 is 5.15. The van der Waals surface area contributed by atoms with E-state index in [1.54, 1.807) is 21.0 Å². The normalized spacial score (nSPS) is 25.8. The van der Waals surface area contributed by atoms with Gasteiger partial charge in [0.2, 0.25) is 11.8 Å². The Morgan fingerprint density at radius 2 is 1.86 bits per heavy atom. The molecule has 0 aromatic heterocycles. The molecule has 0 radical (unpaired) electrons. The minimum absolute atomic E-state index is 0.0147. The molecule has 1 heterocycles.